The van der Waals surface area contributed by atoms with E-state index < -0.39 is 0 Å². The summed E-state index contributed by atoms with van der Waals surface area (Å²) in [5, 5.41) is 24.4. The second-order valence-electron chi connectivity index (χ2n) is 8.62. The predicted octanol–water partition coefficient (Wildman–Crippen LogP) is 6.23. The Bertz CT molecular complexity index is 1650. The second kappa shape index (κ2) is 5.65. The van der Waals surface area contributed by atoms with Crippen molar-refractivity contribution in [2.45, 2.75) is 39.8 Å². The van der Waals surface area contributed by atoms with Crippen LogP contribution in [0.1, 0.15) is 41.6 Å². The number of nitrogens with zero attached hydrogens (tertiary/aromatic N) is 4. The van der Waals surface area contributed by atoms with Crippen LogP contribution >= 0.6 is 0 Å². The first-order valence-electron chi connectivity index (χ1n) is 10.4. The standard InChI is InChI=1S/C26H20N4/c1-14-4-6-21-17(10-14)23-19(12-27)20(13-28)24-18-11-15(2)5-7-22(18)30-16(3)8-9-29(21)25(23)26(24)30/h4-7,10-11,16H,8-9H2,1-3H3. The minimum Gasteiger partial charge on any atom is -0.339 e. The lowest BCUT2D eigenvalue weighted by molar-refractivity contribution is 0.506. The van der Waals surface area contributed by atoms with Gasteiger partial charge in [0.2, 0.25) is 0 Å². The van der Waals surface area contributed by atoms with Crippen LogP contribution < -0.4 is 0 Å². The molecule has 0 bridgehead atoms. The van der Waals surface area contributed by atoms with Crippen molar-refractivity contribution in [2.24, 2.45) is 0 Å². The van der Waals surface area contributed by atoms with Gasteiger partial charge in [-0.05, 0) is 51.5 Å². The fraction of sp³-hybridized carbons (Fsp3) is 0.231. The molecule has 4 heteroatoms. The fourth-order valence-electron chi connectivity index (χ4n) is 5.49. The van der Waals surface area contributed by atoms with Gasteiger partial charge in [0, 0.05) is 45.2 Å². The first-order chi connectivity index (χ1) is 14.5. The molecule has 1 unspecified atom stereocenters. The zero-order valence-electron chi connectivity index (χ0n) is 17.2. The van der Waals surface area contributed by atoms with Gasteiger partial charge >= 0.3 is 0 Å². The van der Waals surface area contributed by atoms with Crippen molar-refractivity contribution in [3.63, 3.8) is 0 Å². The van der Waals surface area contributed by atoms with E-state index in [1.165, 1.54) is 0 Å². The lowest BCUT2D eigenvalue weighted by atomic mass is 9.96. The molecule has 1 aliphatic heterocycles. The van der Waals surface area contributed by atoms with Crippen molar-refractivity contribution in [1.82, 2.24) is 9.13 Å². The maximum atomic E-state index is 10.2. The van der Waals surface area contributed by atoms with Gasteiger partial charge in [-0.2, -0.15) is 10.5 Å². The molecule has 0 saturated heterocycles. The number of rotatable bonds is 0. The van der Waals surface area contributed by atoms with E-state index in [0.29, 0.717) is 17.2 Å². The quantitative estimate of drug-likeness (QED) is 0.316. The number of aryl methyl sites for hydroxylation is 3. The lowest BCUT2D eigenvalue weighted by Gasteiger charge is -2.15. The average Bonchev–Trinajstić information content (AvgIpc) is 3.18. The van der Waals surface area contributed by atoms with Gasteiger partial charge in [-0.25, -0.2) is 0 Å². The Kier molecular flexibility index (Phi) is 3.23. The monoisotopic (exact) mass is 388 g/mol. The minimum atomic E-state index is 0.302. The first-order valence-corrected chi connectivity index (χ1v) is 10.4. The Morgan fingerprint density at radius 1 is 0.833 bits per heavy atom. The maximum Gasteiger partial charge on any atom is 0.101 e. The van der Waals surface area contributed by atoms with Crippen molar-refractivity contribution < 1.29 is 0 Å². The van der Waals surface area contributed by atoms with Crippen molar-refractivity contribution >= 4 is 43.6 Å². The Morgan fingerprint density at radius 3 is 2.03 bits per heavy atom. The number of benzene rings is 3. The molecular weight excluding hydrogens is 368 g/mol. The molecule has 3 aromatic carbocycles. The van der Waals surface area contributed by atoms with E-state index in [1.54, 1.807) is 0 Å². The summed E-state index contributed by atoms with van der Waals surface area (Å²) in [5.41, 5.74) is 7.81. The molecule has 1 atom stereocenters. The minimum absolute atomic E-state index is 0.302. The highest BCUT2D eigenvalue weighted by atomic mass is 15.1. The zero-order valence-corrected chi connectivity index (χ0v) is 17.2. The van der Waals surface area contributed by atoms with Crippen LogP contribution in [0.4, 0.5) is 0 Å². The first kappa shape index (κ1) is 17.1. The molecule has 30 heavy (non-hydrogen) atoms. The van der Waals surface area contributed by atoms with Gasteiger partial charge in [-0.15, -0.1) is 0 Å². The van der Waals surface area contributed by atoms with Crippen LogP contribution in [-0.2, 0) is 6.54 Å². The highest BCUT2D eigenvalue weighted by Gasteiger charge is 2.29. The predicted molar refractivity (Wildman–Crippen MR) is 121 cm³/mol. The Labute approximate surface area is 174 Å². The average molecular weight is 388 g/mol. The molecule has 5 aromatic rings. The Morgan fingerprint density at radius 2 is 1.40 bits per heavy atom. The Balaban J connectivity index is 2.08. The molecule has 1 aliphatic rings. The molecule has 4 nitrogen and oxygen atoms in total. The molecule has 0 amide bonds. The van der Waals surface area contributed by atoms with Gasteiger partial charge in [0.15, 0.2) is 0 Å². The number of nitriles is 2. The van der Waals surface area contributed by atoms with Crippen molar-refractivity contribution in [1.29, 1.82) is 10.5 Å². The second-order valence-corrected chi connectivity index (χ2v) is 8.62. The molecule has 0 fully saturated rings. The van der Waals surface area contributed by atoms with E-state index in [-0.39, 0.29) is 0 Å². The summed E-state index contributed by atoms with van der Waals surface area (Å²) >= 11 is 0. The molecular formula is C26H20N4. The van der Waals surface area contributed by atoms with Crippen molar-refractivity contribution in [2.75, 3.05) is 0 Å². The highest BCUT2D eigenvalue weighted by Crippen LogP contribution is 2.46. The van der Waals surface area contributed by atoms with Gasteiger partial charge in [-0.1, -0.05) is 23.3 Å². The number of hydrogen-bond donors (Lipinski definition) is 0. The summed E-state index contributed by atoms with van der Waals surface area (Å²) in [6, 6.07) is 18.0. The smallest absolute Gasteiger partial charge is 0.101 e. The maximum absolute atomic E-state index is 10.2. The zero-order chi connectivity index (χ0) is 20.7. The molecule has 144 valence electrons. The summed E-state index contributed by atoms with van der Waals surface area (Å²) in [6.45, 7) is 7.30. The molecule has 2 aromatic heterocycles. The van der Waals surface area contributed by atoms with Crippen LogP contribution in [0.25, 0.3) is 43.6 Å². The number of hydrogen-bond acceptors (Lipinski definition) is 2. The van der Waals surface area contributed by atoms with Crippen molar-refractivity contribution in [3.05, 3.63) is 58.7 Å². The summed E-state index contributed by atoms with van der Waals surface area (Å²) < 4.78 is 4.78. The normalized spacial score (nSPS) is 15.8. The molecule has 0 saturated carbocycles. The molecule has 0 N–H and O–H groups in total. The van der Waals surface area contributed by atoms with Gasteiger partial charge in [0.25, 0.3) is 0 Å². The summed E-state index contributed by atoms with van der Waals surface area (Å²) in [4.78, 5) is 0. The fourth-order valence-corrected chi connectivity index (χ4v) is 5.49. The lowest BCUT2D eigenvalue weighted by Crippen LogP contribution is -2.05. The third kappa shape index (κ3) is 1.89. The number of fused-ring (bicyclic) bond motifs is 6. The van der Waals surface area contributed by atoms with Gasteiger partial charge in [-0.3, -0.25) is 0 Å². The summed E-state index contributed by atoms with van der Waals surface area (Å²) in [6.07, 6.45) is 0.998. The van der Waals surface area contributed by atoms with Crippen LogP contribution in [0.3, 0.4) is 0 Å². The highest BCUT2D eigenvalue weighted by molar-refractivity contribution is 6.26. The third-order valence-corrected chi connectivity index (χ3v) is 6.79. The molecule has 3 heterocycles. The molecule has 0 radical (unpaired) electrons. The van der Waals surface area contributed by atoms with Gasteiger partial charge < -0.3 is 9.13 Å². The van der Waals surface area contributed by atoms with Crippen molar-refractivity contribution in [3.8, 4) is 12.1 Å². The Hall–Kier alpha value is -3.76. The third-order valence-electron chi connectivity index (χ3n) is 6.79. The van der Waals surface area contributed by atoms with Crippen LogP contribution in [0, 0.1) is 36.5 Å². The topological polar surface area (TPSA) is 57.4 Å². The summed E-state index contributed by atoms with van der Waals surface area (Å²) in [7, 11) is 0. The van der Waals surface area contributed by atoms with Crippen LogP contribution in [-0.4, -0.2) is 9.13 Å². The largest absolute Gasteiger partial charge is 0.339 e. The van der Waals surface area contributed by atoms with Gasteiger partial charge in [0.05, 0.1) is 22.2 Å². The van der Waals surface area contributed by atoms with E-state index in [1.807, 2.05) is 0 Å². The van der Waals surface area contributed by atoms with E-state index in [9.17, 15) is 10.5 Å². The van der Waals surface area contributed by atoms with Crippen LogP contribution in [0.5, 0.6) is 0 Å². The van der Waals surface area contributed by atoms with E-state index in [0.717, 1.165) is 67.7 Å². The van der Waals surface area contributed by atoms with E-state index in [4.69, 9.17) is 0 Å². The number of aromatic nitrogens is 2. The van der Waals surface area contributed by atoms with E-state index in [2.05, 4.69) is 78.4 Å². The molecule has 0 aliphatic carbocycles. The molecule has 0 spiro atoms. The summed E-state index contributed by atoms with van der Waals surface area (Å²) in [5.74, 6) is 0. The van der Waals surface area contributed by atoms with E-state index >= 15 is 0 Å². The SMILES string of the molecule is Cc1ccc2c(c1)c1c(C#N)c(C#N)c3c4cc(C)ccc4n4c3c1n2CCC4C. The van der Waals surface area contributed by atoms with Crippen LogP contribution in [0.15, 0.2) is 36.4 Å². The van der Waals surface area contributed by atoms with Crippen LogP contribution in [0.2, 0.25) is 0 Å². The molecule has 6 rings (SSSR count). The van der Waals surface area contributed by atoms with Gasteiger partial charge in [0.1, 0.15) is 12.1 Å².